The fraction of sp³-hybridized carbons (Fsp3) is 0.421. The lowest BCUT2D eigenvalue weighted by molar-refractivity contribution is -0.137. The summed E-state index contributed by atoms with van der Waals surface area (Å²) >= 11 is 0. The van der Waals surface area contributed by atoms with Crippen LogP contribution < -0.4 is 0 Å². The molecule has 154 valence electrons. The molecule has 4 rings (SSSR count). The van der Waals surface area contributed by atoms with Gasteiger partial charge in [-0.1, -0.05) is 0 Å². The van der Waals surface area contributed by atoms with E-state index in [0.29, 0.717) is 22.8 Å². The Labute approximate surface area is 164 Å². The number of benzene rings is 1. The number of phenolic OH excluding ortho intramolecular Hbond substituents is 1. The van der Waals surface area contributed by atoms with E-state index >= 15 is 0 Å². The van der Waals surface area contributed by atoms with Crippen molar-refractivity contribution in [2.45, 2.75) is 31.7 Å². The summed E-state index contributed by atoms with van der Waals surface area (Å²) in [7, 11) is 2.04. The van der Waals surface area contributed by atoms with Crippen molar-refractivity contribution in [3.8, 4) is 17.0 Å². The van der Waals surface area contributed by atoms with Crippen molar-refractivity contribution in [1.82, 2.24) is 24.6 Å². The standard InChI is InChI=1S/C19H20F3N5O2/c1-26-6-2-3-12(8-26)27-10-23-17-14(9-28)16(24-25-18(17)27)13-5-4-11(7-15(13)29)19(20,21)22/h4-5,7,10,12,28-29H,2-3,6,8-9H2,1H3/t12-/m1/s1. The van der Waals surface area contributed by atoms with Crippen LogP contribution in [0.4, 0.5) is 13.2 Å². The van der Waals surface area contributed by atoms with Crippen LogP contribution >= 0.6 is 0 Å². The molecule has 3 aromatic rings. The minimum absolute atomic E-state index is 0.0587. The lowest BCUT2D eigenvalue weighted by Gasteiger charge is -2.30. The number of aliphatic hydroxyl groups excluding tert-OH is 1. The molecule has 1 saturated heterocycles. The van der Waals surface area contributed by atoms with Gasteiger partial charge in [0.05, 0.1) is 18.5 Å². The number of likely N-dealkylation sites (N-methyl/N-ethyl adjacent to an activating group) is 1. The molecule has 29 heavy (non-hydrogen) atoms. The molecule has 1 aliphatic rings. The van der Waals surface area contributed by atoms with E-state index in [1.807, 2.05) is 11.6 Å². The van der Waals surface area contributed by atoms with Gasteiger partial charge >= 0.3 is 6.18 Å². The first-order valence-electron chi connectivity index (χ1n) is 9.21. The molecule has 0 unspecified atom stereocenters. The van der Waals surface area contributed by atoms with E-state index in [2.05, 4.69) is 20.1 Å². The third-order valence-corrected chi connectivity index (χ3v) is 5.32. The minimum atomic E-state index is -4.57. The molecule has 1 atom stereocenters. The van der Waals surface area contributed by atoms with E-state index in [4.69, 9.17) is 0 Å². The van der Waals surface area contributed by atoms with Gasteiger partial charge in [-0.2, -0.15) is 13.2 Å². The predicted molar refractivity (Wildman–Crippen MR) is 99.1 cm³/mol. The smallest absolute Gasteiger partial charge is 0.416 e. The fourth-order valence-electron chi connectivity index (χ4n) is 3.84. The van der Waals surface area contributed by atoms with E-state index in [9.17, 15) is 23.4 Å². The summed E-state index contributed by atoms with van der Waals surface area (Å²) in [5, 5.41) is 28.4. The molecule has 2 N–H and O–H groups in total. The molecule has 0 radical (unpaired) electrons. The van der Waals surface area contributed by atoms with Crippen LogP contribution in [0.2, 0.25) is 0 Å². The second-order valence-corrected chi connectivity index (χ2v) is 7.30. The number of fused-ring (bicyclic) bond motifs is 1. The Morgan fingerprint density at radius 2 is 2.03 bits per heavy atom. The third-order valence-electron chi connectivity index (χ3n) is 5.32. The topological polar surface area (TPSA) is 87.3 Å². The monoisotopic (exact) mass is 407 g/mol. The molecule has 10 heteroatoms. The first-order valence-corrected chi connectivity index (χ1v) is 9.21. The van der Waals surface area contributed by atoms with Crippen molar-refractivity contribution < 1.29 is 23.4 Å². The van der Waals surface area contributed by atoms with Crippen LogP contribution in [0.3, 0.4) is 0 Å². The highest BCUT2D eigenvalue weighted by atomic mass is 19.4. The molecule has 0 bridgehead atoms. The number of likely N-dealkylation sites (tertiary alicyclic amines) is 1. The van der Waals surface area contributed by atoms with Crippen LogP contribution in [0.5, 0.6) is 5.75 Å². The zero-order chi connectivity index (χ0) is 20.8. The van der Waals surface area contributed by atoms with Crippen molar-refractivity contribution in [3.63, 3.8) is 0 Å². The Morgan fingerprint density at radius 3 is 2.69 bits per heavy atom. The number of piperidine rings is 1. The van der Waals surface area contributed by atoms with Crippen LogP contribution in [-0.4, -0.2) is 55.0 Å². The van der Waals surface area contributed by atoms with Gasteiger partial charge in [-0.3, -0.25) is 0 Å². The lowest BCUT2D eigenvalue weighted by Crippen LogP contribution is -2.33. The average Bonchev–Trinajstić information content (AvgIpc) is 3.10. The van der Waals surface area contributed by atoms with Crippen molar-refractivity contribution in [3.05, 3.63) is 35.7 Å². The zero-order valence-corrected chi connectivity index (χ0v) is 15.7. The summed E-state index contributed by atoms with van der Waals surface area (Å²) in [6.45, 7) is 1.42. The highest BCUT2D eigenvalue weighted by Gasteiger charge is 2.32. The van der Waals surface area contributed by atoms with E-state index in [-0.39, 0.29) is 17.3 Å². The Morgan fingerprint density at radius 1 is 1.24 bits per heavy atom. The lowest BCUT2D eigenvalue weighted by atomic mass is 10.0. The summed E-state index contributed by atoms with van der Waals surface area (Å²) < 4.78 is 40.5. The Bertz CT molecular complexity index is 1050. The first-order chi connectivity index (χ1) is 13.8. The van der Waals surface area contributed by atoms with Gasteiger partial charge in [0.25, 0.3) is 0 Å². The average molecular weight is 407 g/mol. The third kappa shape index (κ3) is 3.53. The molecule has 1 fully saturated rings. The van der Waals surface area contributed by atoms with Crippen molar-refractivity contribution >= 4 is 11.2 Å². The normalized spacial score (nSPS) is 18.4. The summed E-state index contributed by atoms with van der Waals surface area (Å²) in [4.78, 5) is 6.60. The van der Waals surface area contributed by atoms with E-state index < -0.39 is 24.1 Å². The molecular formula is C19H20F3N5O2. The largest absolute Gasteiger partial charge is 0.507 e. The molecule has 1 aromatic carbocycles. The predicted octanol–water partition coefficient (Wildman–Crippen LogP) is 2.98. The number of halogens is 3. The van der Waals surface area contributed by atoms with Crippen LogP contribution in [0.1, 0.15) is 30.0 Å². The number of alkyl halides is 3. The number of aromatic hydroxyl groups is 1. The highest BCUT2D eigenvalue weighted by Crippen LogP contribution is 2.38. The first kappa shape index (κ1) is 19.6. The number of hydrogen-bond acceptors (Lipinski definition) is 6. The van der Waals surface area contributed by atoms with E-state index in [1.54, 1.807) is 6.33 Å². The molecule has 7 nitrogen and oxygen atoms in total. The molecular weight excluding hydrogens is 387 g/mol. The number of hydrogen-bond donors (Lipinski definition) is 2. The molecule has 0 saturated carbocycles. The zero-order valence-electron chi connectivity index (χ0n) is 15.7. The molecule has 0 spiro atoms. The van der Waals surface area contributed by atoms with Gasteiger partial charge in [-0.05, 0) is 44.6 Å². The van der Waals surface area contributed by atoms with Crippen molar-refractivity contribution in [1.29, 1.82) is 0 Å². The maximum absolute atomic E-state index is 12.9. The van der Waals surface area contributed by atoms with Gasteiger partial charge < -0.3 is 19.7 Å². The van der Waals surface area contributed by atoms with Gasteiger partial charge in [-0.25, -0.2) is 4.98 Å². The van der Waals surface area contributed by atoms with Gasteiger partial charge in [0.15, 0.2) is 5.65 Å². The van der Waals surface area contributed by atoms with E-state index in [0.717, 1.165) is 38.1 Å². The Balaban J connectivity index is 1.79. The second kappa shape index (κ2) is 7.27. The Hall–Kier alpha value is -2.72. The number of aliphatic hydroxyl groups is 1. The summed E-state index contributed by atoms with van der Waals surface area (Å²) in [5.41, 5.74) is 0.437. The summed E-state index contributed by atoms with van der Waals surface area (Å²) in [6.07, 6.45) is -0.915. The van der Waals surface area contributed by atoms with Crippen LogP contribution in [0.15, 0.2) is 24.5 Å². The van der Waals surface area contributed by atoms with Gasteiger partial charge in [0.2, 0.25) is 0 Å². The summed E-state index contributed by atoms with van der Waals surface area (Å²) in [6, 6.07) is 2.79. The SMILES string of the molecule is CN1CCC[C@@H](n2cnc3c(CO)c(-c4ccc(C(F)(F)F)cc4O)nnc32)C1. The maximum atomic E-state index is 12.9. The number of phenols is 1. The fourth-order valence-corrected chi connectivity index (χ4v) is 3.84. The molecule has 1 aliphatic heterocycles. The van der Waals surface area contributed by atoms with Crippen molar-refractivity contribution in [2.24, 2.45) is 0 Å². The van der Waals surface area contributed by atoms with Gasteiger partial charge in [-0.15, -0.1) is 10.2 Å². The number of aromatic nitrogens is 4. The quantitative estimate of drug-likeness (QED) is 0.694. The van der Waals surface area contributed by atoms with E-state index in [1.165, 1.54) is 0 Å². The van der Waals surface area contributed by atoms with Gasteiger partial charge in [0.1, 0.15) is 17.0 Å². The van der Waals surface area contributed by atoms with Crippen LogP contribution in [0, 0.1) is 0 Å². The second-order valence-electron chi connectivity index (χ2n) is 7.30. The van der Waals surface area contributed by atoms with Crippen LogP contribution in [-0.2, 0) is 12.8 Å². The van der Waals surface area contributed by atoms with Crippen LogP contribution in [0.25, 0.3) is 22.4 Å². The number of nitrogens with zero attached hydrogens (tertiary/aromatic N) is 5. The highest BCUT2D eigenvalue weighted by molar-refractivity contribution is 5.83. The van der Waals surface area contributed by atoms with Gasteiger partial charge in [0, 0.05) is 23.7 Å². The Kier molecular flexibility index (Phi) is 4.91. The number of imidazole rings is 1. The number of rotatable bonds is 3. The molecule has 3 heterocycles. The molecule has 0 aliphatic carbocycles. The van der Waals surface area contributed by atoms with Crippen molar-refractivity contribution in [2.75, 3.05) is 20.1 Å². The maximum Gasteiger partial charge on any atom is 0.416 e. The molecule has 0 amide bonds. The summed E-state index contributed by atoms with van der Waals surface area (Å²) in [5.74, 6) is -0.587. The molecule has 2 aromatic heterocycles. The minimum Gasteiger partial charge on any atom is -0.507 e.